The molecular formula is C30H38FN5O3. The average molecular weight is 536 g/mol. The van der Waals surface area contributed by atoms with E-state index in [9.17, 15) is 14.3 Å². The van der Waals surface area contributed by atoms with E-state index in [1.54, 1.807) is 18.2 Å². The van der Waals surface area contributed by atoms with Gasteiger partial charge in [0.25, 0.3) is 5.56 Å². The van der Waals surface area contributed by atoms with E-state index in [1.807, 2.05) is 12.1 Å². The third-order valence-corrected chi connectivity index (χ3v) is 8.98. The molecule has 2 bridgehead atoms. The molecule has 3 aliphatic rings. The highest BCUT2D eigenvalue weighted by Gasteiger charge is 2.56. The normalized spacial score (nSPS) is 23.8. The number of ether oxygens (including phenoxy) is 1. The number of aliphatic hydroxyl groups excluding tert-OH is 1. The molecule has 208 valence electrons. The Balaban J connectivity index is 1.32. The Labute approximate surface area is 228 Å². The van der Waals surface area contributed by atoms with E-state index < -0.39 is 0 Å². The number of aryl methyl sites for hydroxylation is 2. The number of fused-ring (bicyclic) bond motifs is 3. The Kier molecular flexibility index (Phi) is 7.62. The zero-order valence-corrected chi connectivity index (χ0v) is 23.1. The summed E-state index contributed by atoms with van der Waals surface area (Å²) in [6.07, 6.45) is 4.22. The van der Waals surface area contributed by atoms with Crippen LogP contribution in [0.3, 0.4) is 0 Å². The molecule has 1 aromatic heterocycles. The molecule has 0 saturated heterocycles. The number of hydrogen-bond donors (Lipinski definition) is 3. The Bertz CT molecular complexity index is 1440. The van der Waals surface area contributed by atoms with Crippen molar-refractivity contribution in [2.75, 3.05) is 25.6 Å². The largest absolute Gasteiger partial charge is 0.497 e. The first-order valence-electron chi connectivity index (χ1n) is 13.7. The summed E-state index contributed by atoms with van der Waals surface area (Å²) in [7, 11) is 1.49. The van der Waals surface area contributed by atoms with Gasteiger partial charge in [-0.2, -0.15) is 0 Å². The number of benzene rings is 2. The second kappa shape index (κ2) is 11.0. The molecule has 3 fully saturated rings. The second-order valence-corrected chi connectivity index (χ2v) is 11.5. The van der Waals surface area contributed by atoms with Gasteiger partial charge in [0, 0.05) is 24.8 Å². The fraction of sp³-hybridized carbons (Fsp3) is 0.500. The van der Waals surface area contributed by atoms with Crippen LogP contribution in [0.5, 0.6) is 5.75 Å². The summed E-state index contributed by atoms with van der Waals surface area (Å²) in [5.74, 6) is 2.58. The fourth-order valence-electron chi connectivity index (χ4n) is 6.39. The molecule has 4 atom stereocenters. The molecular weight excluding hydrogens is 497 g/mol. The Morgan fingerprint density at radius 1 is 1.26 bits per heavy atom. The minimum Gasteiger partial charge on any atom is -0.497 e. The molecule has 9 heteroatoms. The van der Waals surface area contributed by atoms with Crippen molar-refractivity contribution in [3.05, 3.63) is 64.5 Å². The number of aromatic nitrogens is 2. The summed E-state index contributed by atoms with van der Waals surface area (Å²) in [6.45, 7) is 7.74. The van der Waals surface area contributed by atoms with Crippen LogP contribution < -0.4 is 20.9 Å². The van der Waals surface area contributed by atoms with Gasteiger partial charge in [0.05, 0.1) is 37.0 Å². The van der Waals surface area contributed by atoms with E-state index >= 15 is 0 Å². The van der Waals surface area contributed by atoms with Crippen molar-refractivity contribution in [2.45, 2.75) is 52.6 Å². The van der Waals surface area contributed by atoms with Crippen LogP contribution >= 0.6 is 0 Å². The quantitative estimate of drug-likeness (QED) is 0.295. The monoisotopic (exact) mass is 535 g/mol. The first-order chi connectivity index (χ1) is 18.7. The summed E-state index contributed by atoms with van der Waals surface area (Å²) >= 11 is 0. The molecule has 0 unspecified atom stereocenters. The molecule has 3 aromatic rings. The van der Waals surface area contributed by atoms with Crippen LogP contribution in [0.2, 0.25) is 0 Å². The topological polar surface area (TPSA) is 101 Å². The number of nitrogens with one attached hydrogen (secondary N) is 2. The predicted octanol–water partition coefficient (Wildman–Crippen LogP) is 4.21. The molecule has 3 saturated carbocycles. The molecule has 39 heavy (non-hydrogen) atoms. The minimum absolute atomic E-state index is 0.00154. The molecule has 6 rings (SSSR count). The Morgan fingerprint density at radius 2 is 2.08 bits per heavy atom. The zero-order valence-electron chi connectivity index (χ0n) is 23.1. The van der Waals surface area contributed by atoms with Crippen LogP contribution in [0, 0.1) is 29.0 Å². The molecule has 3 N–H and O–H groups in total. The fourth-order valence-corrected chi connectivity index (χ4v) is 6.39. The second-order valence-electron chi connectivity index (χ2n) is 11.5. The maximum atomic E-state index is 14.3. The number of guanidine groups is 1. The molecule has 0 amide bonds. The number of methoxy groups -OCH3 is 1. The van der Waals surface area contributed by atoms with Crippen molar-refractivity contribution in [1.82, 2.24) is 14.9 Å². The number of hydrogen-bond acceptors (Lipinski definition) is 5. The lowest BCUT2D eigenvalue weighted by Crippen LogP contribution is -2.56. The van der Waals surface area contributed by atoms with Gasteiger partial charge in [-0.05, 0) is 72.3 Å². The number of nitrogens with zero attached hydrogens (tertiary/aromatic N) is 3. The van der Waals surface area contributed by atoms with E-state index in [-0.39, 0.29) is 24.0 Å². The molecule has 0 aliphatic heterocycles. The SMILES string of the molecule is COc1ccc(CCn2cnc3cc(NC(=N[C@H]4C[C@@H]5C[C@H]([C@@H]4C)C5(C)C)NCCO)ccc3c2=O)c(F)c1. The number of aliphatic imine (C=N–C) groups is 1. The van der Waals surface area contributed by atoms with Crippen LogP contribution in [-0.2, 0) is 13.0 Å². The lowest BCUT2D eigenvalue weighted by molar-refractivity contribution is -0.108. The summed E-state index contributed by atoms with van der Waals surface area (Å²) < 4.78 is 20.9. The summed E-state index contributed by atoms with van der Waals surface area (Å²) in [5, 5.41) is 16.4. The first-order valence-corrected chi connectivity index (χ1v) is 13.7. The number of anilines is 1. The highest BCUT2D eigenvalue weighted by Crippen LogP contribution is 2.61. The van der Waals surface area contributed by atoms with Crippen LogP contribution in [-0.4, -0.2) is 46.9 Å². The summed E-state index contributed by atoms with van der Waals surface area (Å²) in [6, 6.07) is 10.4. The number of aliphatic hydroxyl groups is 1. The summed E-state index contributed by atoms with van der Waals surface area (Å²) in [4.78, 5) is 22.7. The lowest BCUT2D eigenvalue weighted by atomic mass is 9.45. The number of rotatable bonds is 8. The smallest absolute Gasteiger partial charge is 0.261 e. The maximum absolute atomic E-state index is 14.3. The third kappa shape index (κ3) is 5.37. The van der Waals surface area contributed by atoms with E-state index in [2.05, 4.69) is 36.4 Å². The van der Waals surface area contributed by atoms with Crippen LogP contribution in [0.4, 0.5) is 10.1 Å². The van der Waals surface area contributed by atoms with Gasteiger partial charge in [0.1, 0.15) is 11.6 Å². The van der Waals surface area contributed by atoms with Crippen molar-refractivity contribution >= 4 is 22.5 Å². The molecule has 1 heterocycles. The van der Waals surface area contributed by atoms with Crippen molar-refractivity contribution < 1.29 is 14.2 Å². The standard InChI is InChI=1S/C30H38FN5O3/c1-18-24-13-20(30(24,2)3)14-26(18)35-29(32-10-12-37)34-21-6-8-23-27(15-21)33-17-36(28(23)38)11-9-19-5-7-22(39-4)16-25(19)31/h5-8,15-18,20,24,26,37H,9-14H2,1-4H3,(H2,32,34,35)/t18-,20-,24+,26-/m0/s1. The Morgan fingerprint density at radius 3 is 2.77 bits per heavy atom. The van der Waals surface area contributed by atoms with Crippen LogP contribution in [0.25, 0.3) is 10.9 Å². The number of halogens is 1. The van der Waals surface area contributed by atoms with E-state index in [0.29, 0.717) is 70.9 Å². The van der Waals surface area contributed by atoms with Crippen LogP contribution in [0.1, 0.15) is 39.2 Å². The van der Waals surface area contributed by atoms with Crippen molar-refractivity contribution in [2.24, 2.45) is 28.2 Å². The zero-order chi connectivity index (χ0) is 27.7. The predicted molar refractivity (Wildman–Crippen MR) is 152 cm³/mol. The summed E-state index contributed by atoms with van der Waals surface area (Å²) in [5.41, 5.74) is 2.04. The van der Waals surface area contributed by atoms with Gasteiger partial charge < -0.3 is 20.5 Å². The van der Waals surface area contributed by atoms with E-state index in [0.717, 1.165) is 12.1 Å². The van der Waals surface area contributed by atoms with E-state index in [4.69, 9.17) is 9.73 Å². The molecule has 0 radical (unpaired) electrons. The van der Waals surface area contributed by atoms with Gasteiger partial charge in [0.2, 0.25) is 0 Å². The molecule has 3 aliphatic carbocycles. The molecule has 2 aromatic carbocycles. The van der Waals surface area contributed by atoms with Crippen molar-refractivity contribution in [3.63, 3.8) is 0 Å². The van der Waals surface area contributed by atoms with Crippen molar-refractivity contribution in [1.29, 1.82) is 0 Å². The van der Waals surface area contributed by atoms with Gasteiger partial charge in [-0.1, -0.05) is 26.8 Å². The minimum atomic E-state index is -0.359. The van der Waals surface area contributed by atoms with Crippen LogP contribution in [0.15, 0.2) is 52.5 Å². The molecule has 8 nitrogen and oxygen atoms in total. The lowest BCUT2D eigenvalue weighted by Gasteiger charge is -2.61. The van der Waals surface area contributed by atoms with Gasteiger partial charge in [-0.25, -0.2) is 14.4 Å². The third-order valence-electron chi connectivity index (χ3n) is 8.98. The van der Waals surface area contributed by atoms with Gasteiger partial charge in [-0.3, -0.25) is 9.36 Å². The highest BCUT2D eigenvalue weighted by molar-refractivity contribution is 5.95. The van der Waals surface area contributed by atoms with Gasteiger partial charge >= 0.3 is 0 Å². The Hall–Kier alpha value is -3.46. The van der Waals surface area contributed by atoms with Gasteiger partial charge in [0.15, 0.2) is 5.96 Å². The van der Waals surface area contributed by atoms with E-state index in [1.165, 1.54) is 30.5 Å². The van der Waals surface area contributed by atoms with Crippen molar-refractivity contribution in [3.8, 4) is 5.75 Å². The molecule has 0 spiro atoms. The van der Waals surface area contributed by atoms with Gasteiger partial charge in [-0.15, -0.1) is 0 Å². The first kappa shape index (κ1) is 27.1. The average Bonchev–Trinajstić information content (AvgIpc) is 2.92. The maximum Gasteiger partial charge on any atom is 0.261 e. The highest BCUT2D eigenvalue weighted by atomic mass is 19.1.